The molecule has 1 amide bonds. The van der Waals surface area contributed by atoms with E-state index in [1.807, 2.05) is 27.7 Å². The van der Waals surface area contributed by atoms with Crippen LogP contribution in [0.4, 0.5) is 18.9 Å². The van der Waals surface area contributed by atoms with Crippen molar-refractivity contribution in [1.29, 1.82) is 0 Å². The number of carbonyl (C=O) groups excluding carboxylic acids is 1. The lowest BCUT2D eigenvalue weighted by Crippen LogP contribution is -2.52. The van der Waals surface area contributed by atoms with Gasteiger partial charge in [0.2, 0.25) is 5.91 Å². The minimum atomic E-state index is -4.43. The summed E-state index contributed by atoms with van der Waals surface area (Å²) < 4.78 is 52.6. The second kappa shape index (κ2) is 8.06. The topological polar surface area (TPSA) is 113 Å². The lowest BCUT2D eigenvalue weighted by atomic mass is 10.1. The fourth-order valence-corrected chi connectivity index (χ4v) is 4.05. The highest BCUT2D eigenvalue weighted by Gasteiger charge is 2.32. The van der Waals surface area contributed by atoms with Crippen molar-refractivity contribution >= 4 is 11.6 Å². The Morgan fingerprint density at radius 2 is 2.06 bits per heavy atom. The van der Waals surface area contributed by atoms with Gasteiger partial charge in [0.25, 0.3) is 0 Å². The Morgan fingerprint density at radius 3 is 2.85 bits per heavy atom. The number of primary amides is 1. The molecule has 0 bridgehead atoms. The average Bonchev–Trinajstić information content (AvgIpc) is 3.35. The molecule has 4 heterocycles. The Hall–Kier alpha value is -3.61. The number of imidazole rings is 1. The zero-order valence-corrected chi connectivity index (χ0v) is 17.3. The van der Waals surface area contributed by atoms with Crippen LogP contribution >= 0.6 is 0 Å². The molecule has 1 saturated heterocycles. The Labute approximate surface area is 185 Å². The van der Waals surface area contributed by atoms with Crippen LogP contribution in [0.1, 0.15) is 0 Å². The third kappa shape index (κ3) is 4.11. The second-order valence-electron chi connectivity index (χ2n) is 7.72. The highest BCUT2D eigenvalue weighted by atomic mass is 19.4. The summed E-state index contributed by atoms with van der Waals surface area (Å²) in [6, 6.07) is 4.87. The van der Waals surface area contributed by atoms with E-state index in [1.54, 1.807) is 6.20 Å². The quantitative estimate of drug-likeness (QED) is 0.623. The summed E-state index contributed by atoms with van der Waals surface area (Å²) in [5, 5.41) is 3.69. The highest BCUT2D eigenvalue weighted by Crippen LogP contribution is 2.37. The number of ether oxygens (including phenoxy) is 2. The van der Waals surface area contributed by atoms with Gasteiger partial charge in [0, 0.05) is 24.5 Å². The van der Waals surface area contributed by atoms with E-state index in [9.17, 15) is 18.0 Å². The molecule has 0 unspecified atom stereocenters. The molecule has 0 saturated carbocycles. The molecule has 1 atom stereocenters. The maximum atomic E-state index is 12.9. The van der Waals surface area contributed by atoms with E-state index < -0.39 is 24.7 Å². The number of fused-ring (bicyclic) bond motifs is 3. The van der Waals surface area contributed by atoms with Gasteiger partial charge in [-0.2, -0.15) is 18.3 Å². The summed E-state index contributed by atoms with van der Waals surface area (Å²) in [5.74, 6) is 0.646. The van der Waals surface area contributed by atoms with E-state index in [2.05, 4.69) is 15.1 Å². The van der Waals surface area contributed by atoms with E-state index in [4.69, 9.17) is 15.2 Å². The van der Waals surface area contributed by atoms with Gasteiger partial charge in [-0.15, -0.1) is 0 Å². The van der Waals surface area contributed by atoms with Gasteiger partial charge in [0.05, 0.1) is 25.3 Å². The molecule has 3 aromatic rings. The number of anilines is 1. The number of benzene rings is 1. The molecular weight excluding hydrogens is 443 g/mol. The molecule has 174 valence electrons. The largest absolute Gasteiger partial charge is 0.491 e. The van der Waals surface area contributed by atoms with Gasteiger partial charge >= 0.3 is 6.18 Å². The van der Waals surface area contributed by atoms with Gasteiger partial charge in [-0.05, 0) is 12.1 Å². The molecule has 2 aromatic heterocycles. The first-order chi connectivity index (χ1) is 15.8. The highest BCUT2D eigenvalue weighted by molar-refractivity contribution is 5.84. The zero-order valence-electron chi connectivity index (χ0n) is 17.3. The lowest BCUT2D eigenvalue weighted by Gasteiger charge is -2.35. The van der Waals surface area contributed by atoms with Crippen LogP contribution in [0.15, 0.2) is 30.7 Å². The van der Waals surface area contributed by atoms with E-state index in [0.717, 1.165) is 16.7 Å². The minimum absolute atomic E-state index is 0.0320. The zero-order chi connectivity index (χ0) is 23.2. The van der Waals surface area contributed by atoms with Gasteiger partial charge < -0.3 is 24.7 Å². The number of hydrogen-bond acceptors (Lipinski definition) is 7. The van der Waals surface area contributed by atoms with E-state index in [-0.39, 0.29) is 18.1 Å². The maximum absolute atomic E-state index is 12.9. The van der Waals surface area contributed by atoms with Crippen LogP contribution in [-0.4, -0.2) is 68.8 Å². The first-order valence-electron chi connectivity index (χ1n) is 10.2. The molecule has 0 radical (unpaired) electrons. The van der Waals surface area contributed by atoms with Crippen molar-refractivity contribution in [2.75, 3.05) is 31.3 Å². The van der Waals surface area contributed by atoms with Gasteiger partial charge in [0.1, 0.15) is 42.8 Å². The lowest BCUT2D eigenvalue weighted by molar-refractivity contribution is -0.142. The average molecular weight is 463 g/mol. The van der Waals surface area contributed by atoms with Crippen LogP contribution in [0, 0.1) is 0 Å². The van der Waals surface area contributed by atoms with E-state index in [0.29, 0.717) is 43.4 Å². The van der Waals surface area contributed by atoms with Crippen LogP contribution in [0.2, 0.25) is 0 Å². The van der Waals surface area contributed by atoms with Crippen molar-refractivity contribution in [3.8, 4) is 28.7 Å². The number of hydrogen-bond donors (Lipinski definition) is 1. The summed E-state index contributed by atoms with van der Waals surface area (Å²) in [4.78, 5) is 22.3. The summed E-state index contributed by atoms with van der Waals surface area (Å²) in [6.07, 6.45) is -1.71. The minimum Gasteiger partial charge on any atom is -0.491 e. The molecule has 2 N–H and O–H groups in total. The van der Waals surface area contributed by atoms with Crippen molar-refractivity contribution in [3.63, 3.8) is 0 Å². The van der Waals surface area contributed by atoms with Crippen molar-refractivity contribution < 1.29 is 27.4 Å². The Morgan fingerprint density at radius 1 is 1.21 bits per heavy atom. The molecule has 13 heteroatoms. The molecule has 10 nitrogen and oxygen atoms in total. The number of alkyl halides is 3. The summed E-state index contributed by atoms with van der Waals surface area (Å²) in [6.45, 7) is 0.694. The Kier molecular flexibility index (Phi) is 5.19. The standard InChI is InChI=1S/C20H20F3N7O3/c21-20(22,23)10-30-19(25-11-26-30)14-8-28-3-6-33-16-7-12(1-2-13(16)18(28)27-14)29-4-5-32-9-15(29)17(24)31/h1-2,7-8,11,15H,3-6,9-10H2,(H2,24,31)/t15-/m0/s1. The number of carbonyl (C=O) groups is 1. The van der Waals surface area contributed by atoms with E-state index in [1.165, 1.54) is 0 Å². The number of nitrogens with zero attached hydrogens (tertiary/aromatic N) is 6. The second-order valence-corrected chi connectivity index (χ2v) is 7.72. The first-order valence-corrected chi connectivity index (χ1v) is 10.2. The maximum Gasteiger partial charge on any atom is 0.408 e. The van der Waals surface area contributed by atoms with Gasteiger partial charge in [-0.1, -0.05) is 0 Å². The van der Waals surface area contributed by atoms with Gasteiger partial charge in [-0.25, -0.2) is 14.6 Å². The number of nitrogens with two attached hydrogens (primary N) is 1. The third-order valence-corrected chi connectivity index (χ3v) is 5.53. The molecular formula is C20H20F3N7O3. The van der Waals surface area contributed by atoms with Crippen LogP contribution in [0.25, 0.3) is 22.9 Å². The number of halogens is 3. The smallest absolute Gasteiger partial charge is 0.408 e. The van der Waals surface area contributed by atoms with Crippen LogP contribution in [0.3, 0.4) is 0 Å². The first kappa shape index (κ1) is 21.2. The Bertz CT molecular complexity index is 1190. The molecule has 1 aromatic carbocycles. The summed E-state index contributed by atoms with van der Waals surface area (Å²) in [7, 11) is 0. The fraction of sp³-hybridized carbons (Fsp3) is 0.400. The normalized spacial score (nSPS) is 18.3. The third-order valence-electron chi connectivity index (χ3n) is 5.53. The monoisotopic (exact) mass is 463 g/mol. The molecule has 33 heavy (non-hydrogen) atoms. The summed E-state index contributed by atoms with van der Waals surface area (Å²) >= 11 is 0. The molecule has 2 aliphatic heterocycles. The number of morpholine rings is 1. The van der Waals surface area contributed by atoms with Gasteiger partial charge in [0.15, 0.2) is 5.82 Å². The number of rotatable bonds is 4. The van der Waals surface area contributed by atoms with Crippen molar-refractivity contribution in [3.05, 3.63) is 30.7 Å². The number of amides is 1. The fourth-order valence-electron chi connectivity index (χ4n) is 4.05. The molecule has 0 spiro atoms. The van der Waals surface area contributed by atoms with E-state index >= 15 is 0 Å². The predicted molar refractivity (Wildman–Crippen MR) is 109 cm³/mol. The number of aromatic nitrogens is 5. The van der Waals surface area contributed by atoms with Crippen LogP contribution in [-0.2, 0) is 22.6 Å². The van der Waals surface area contributed by atoms with Crippen LogP contribution < -0.4 is 15.4 Å². The predicted octanol–water partition coefficient (Wildman–Crippen LogP) is 1.45. The molecule has 0 aliphatic carbocycles. The van der Waals surface area contributed by atoms with Crippen LogP contribution in [0.5, 0.6) is 5.75 Å². The van der Waals surface area contributed by atoms with Crippen molar-refractivity contribution in [2.45, 2.75) is 25.3 Å². The molecule has 1 fully saturated rings. The van der Waals surface area contributed by atoms with Crippen molar-refractivity contribution in [2.24, 2.45) is 5.73 Å². The SMILES string of the molecule is NC(=O)[C@@H]1COCCN1c1ccc2c(c1)OCCn1cc(-c3ncnn3CC(F)(F)F)nc1-2. The van der Waals surface area contributed by atoms with Gasteiger partial charge in [-0.3, -0.25) is 4.79 Å². The summed E-state index contributed by atoms with van der Waals surface area (Å²) in [5.41, 5.74) is 7.24. The van der Waals surface area contributed by atoms with Crippen molar-refractivity contribution in [1.82, 2.24) is 24.3 Å². The molecule has 2 aliphatic rings. The Balaban J connectivity index is 1.50. The molecule has 5 rings (SSSR count).